The molecule has 0 amide bonds. The monoisotopic (exact) mass is 328 g/mol. The lowest BCUT2D eigenvalue weighted by Gasteiger charge is -2.01. The molecule has 1 N–H and O–H groups in total. The van der Waals surface area contributed by atoms with Gasteiger partial charge in [-0.15, -0.1) is 10.2 Å². The summed E-state index contributed by atoms with van der Waals surface area (Å²) < 4.78 is 0. The van der Waals surface area contributed by atoms with Gasteiger partial charge >= 0.3 is 0 Å². The molecule has 1 rings (SSSR count). The summed E-state index contributed by atoms with van der Waals surface area (Å²) in [7, 11) is 0. The molecule has 9 heteroatoms. The predicted molar refractivity (Wildman–Crippen MR) is 71.9 cm³/mol. The zero-order valence-electron chi connectivity index (χ0n) is 9.43. The van der Waals surface area contributed by atoms with Crippen molar-refractivity contribution < 1.29 is 9.90 Å². The maximum Gasteiger partial charge on any atom is 0.286 e. The molecule has 0 bridgehead atoms. The molecule has 0 spiro atoms. The number of benzene rings is 1. The van der Waals surface area contributed by atoms with Crippen molar-refractivity contribution in [2.24, 2.45) is 10.2 Å². The summed E-state index contributed by atoms with van der Waals surface area (Å²) in [6.07, 6.45) is 0. The van der Waals surface area contributed by atoms with E-state index in [0.717, 1.165) is 0 Å². The normalized spacial score (nSPS) is 11.7. The van der Waals surface area contributed by atoms with E-state index in [-0.39, 0.29) is 20.8 Å². The third-order valence-corrected chi connectivity index (χ3v) is 2.67. The van der Waals surface area contributed by atoms with E-state index in [1.165, 1.54) is 24.3 Å². The number of nitrogens with zero attached hydrogens (tertiary/aromatic N) is 4. The van der Waals surface area contributed by atoms with Crippen molar-refractivity contribution in [2.45, 2.75) is 0 Å². The third kappa shape index (κ3) is 3.69. The molecule has 0 saturated heterocycles. The molecule has 0 aliphatic carbocycles. The molecular formula is C11H3Cl3N4O2. The van der Waals surface area contributed by atoms with E-state index in [0.29, 0.717) is 0 Å². The van der Waals surface area contributed by atoms with E-state index in [1.807, 2.05) is 0 Å². The summed E-state index contributed by atoms with van der Waals surface area (Å²) in [6, 6.07) is 5.16. The van der Waals surface area contributed by atoms with Crippen molar-refractivity contribution in [2.75, 3.05) is 0 Å². The second-order valence-corrected chi connectivity index (χ2v) is 4.42. The molecule has 6 nitrogen and oxygen atoms in total. The predicted octanol–water partition coefficient (Wildman–Crippen LogP) is 4.12. The molecule has 0 atom stereocenters. The Kier molecular flexibility index (Phi) is 5.48. The minimum absolute atomic E-state index is 0.0216. The van der Waals surface area contributed by atoms with E-state index >= 15 is 0 Å². The zero-order valence-corrected chi connectivity index (χ0v) is 11.7. The molecule has 0 aromatic heterocycles. The smallest absolute Gasteiger partial charge is 0.286 e. The van der Waals surface area contributed by atoms with Gasteiger partial charge in [0.25, 0.3) is 5.78 Å². The van der Waals surface area contributed by atoms with Gasteiger partial charge in [-0.05, 0) is 12.1 Å². The van der Waals surface area contributed by atoms with E-state index < -0.39 is 17.2 Å². The average Bonchev–Trinajstić information content (AvgIpc) is 2.40. The van der Waals surface area contributed by atoms with Crippen molar-refractivity contribution in [3.05, 3.63) is 38.7 Å². The third-order valence-electron chi connectivity index (χ3n) is 1.88. The molecule has 100 valence electrons. The van der Waals surface area contributed by atoms with E-state index in [1.54, 1.807) is 0 Å². The number of ketones is 1. The van der Waals surface area contributed by atoms with Crippen LogP contribution >= 0.6 is 34.8 Å². The molecule has 1 aromatic carbocycles. The Morgan fingerprint density at radius 2 is 1.70 bits per heavy atom. The largest absolute Gasteiger partial charge is 0.498 e. The summed E-state index contributed by atoms with van der Waals surface area (Å²) in [5, 5.41) is 33.4. The number of hydrogen-bond donors (Lipinski definition) is 1. The van der Waals surface area contributed by atoms with Crippen LogP contribution in [0.1, 0.15) is 0 Å². The fourth-order valence-electron chi connectivity index (χ4n) is 1.04. The van der Waals surface area contributed by atoms with Crippen LogP contribution in [-0.2, 0) is 4.79 Å². The number of hydrogen-bond acceptors (Lipinski definition) is 6. The minimum Gasteiger partial charge on any atom is -0.498 e. The summed E-state index contributed by atoms with van der Waals surface area (Å²) in [4.78, 5) is 11.2. The van der Waals surface area contributed by atoms with Crippen molar-refractivity contribution in [1.82, 2.24) is 0 Å². The Balaban J connectivity index is 3.31. The van der Waals surface area contributed by atoms with Crippen molar-refractivity contribution >= 4 is 46.3 Å². The van der Waals surface area contributed by atoms with E-state index in [2.05, 4.69) is 10.2 Å². The van der Waals surface area contributed by atoms with Crippen LogP contribution in [0.25, 0.3) is 0 Å². The number of halogens is 3. The highest BCUT2D eigenvalue weighted by molar-refractivity contribution is 6.41. The van der Waals surface area contributed by atoms with Crippen LogP contribution in [0.3, 0.4) is 0 Å². The lowest BCUT2D eigenvalue weighted by atomic mass is 10.3. The number of nitriles is 2. The molecule has 20 heavy (non-hydrogen) atoms. The number of rotatable bonds is 3. The molecule has 0 fully saturated rings. The first-order valence-corrected chi connectivity index (χ1v) is 5.88. The number of aliphatic hydroxyl groups excluding tert-OH is 1. The highest BCUT2D eigenvalue weighted by Gasteiger charge is 2.15. The Labute approximate surface area is 128 Å². The van der Waals surface area contributed by atoms with Crippen LogP contribution in [0.15, 0.2) is 33.8 Å². The van der Waals surface area contributed by atoms with E-state index in [4.69, 9.17) is 45.3 Å². The number of aliphatic hydroxyl groups is 1. The Bertz CT molecular complexity index is 690. The number of azo groups is 1. The van der Waals surface area contributed by atoms with Gasteiger partial charge in [-0.25, -0.2) is 0 Å². The standard InChI is InChI=1S/C11H3Cl3N4O2/c12-5-1-6(13)10(7(14)2-5)17-18-11(8(19)3-15)9(20)4-16/h1-2,19H/b11-8-,18-17?. The average molecular weight is 330 g/mol. The number of allylic oxidation sites excluding steroid dienone is 2. The van der Waals surface area contributed by atoms with Gasteiger partial charge in [0.05, 0.1) is 10.0 Å². The molecule has 0 aliphatic heterocycles. The highest BCUT2D eigenvalue weighted by Crippen LogP contribution is 2.36. The SMILES string of the molecule is N#CC(=O)/C(N=Nc1c(Cl)cc(Cl)cc1Cl)=C(/O)C#N. The fraction of sp³-hybridized carbons (Fsp3) is 0. The molecule has 0 saturated carbocycles. The second-order valence-electron chi connectivity index (χ2n) is 3.17. The van der Waals surface area contributed by atoms with Crippen LogP contribution in [0.4, 0.5) is 5.69 Å². The first-order chi connectivity index (χ1) is 9.40. The molecule has 0 unspecified atom stereocenters. The lowest BCUT2D eigenvalue weighted by molar-refractivity contribution is -0.110. The molecule has 0 heterocycles. The lowest BCUT2D eigenvalue weighted by Crippen LogP contribution is -1.99. The van der Waals surface area contributed by atoms with Crippen LogP contribution in [-0.4, -0.2) is 10.9 Å². The Morgan fingerprint density at radius 3 is 2.15 bits per heavy atom. The summed E-state index contributed by atoms with van der Waals surface area (Å²) >= 11 is 17.4. The Morgan fingerprint density at radius 1 is 1.15 bits per heavy atom. The van der Waals surface area contributed by atoms with Crippen molar-refractivity contribution in [1.29, 1.82) is 10.5 Å². The quantitative estimate of drug-likeness (QED) is 0.224. The minimum atomic E-state index is -1.23. The van der Waals surface area contributed by atoms with Gasteiger partial charge in [0.1, 0.15) is 17.8 Å². The topological polar surface area (TPSA) is 110 Å². The van der Waals surface area contributed by atoms with Gasteiger partial charge in [0.15, 0.2) is 5.70 Å². The van der Waals surface area contributed by atoms with Gasteiger partial charge in [-0.1, -0.05) is 34.8 Å². The summed E-state index contributed by atoms with van der Waals surface area (Å²) in [5.74, 6) is -2.27. The first kappa shape index (κ1) is 15.9. The molecule has 0 radical (unpaired) electrons. The maximum atomic E-state index is 11.2. The van der Waals surface area contributed by atoms with Crippen molar-refractivity contribution in [3.8, 4) is 12.1 Å². The van der Waals surface area contributed by atoms with Crippen molar-refractivity contribution in [3.63, 3.8) is 0 Å². The van der Waals surface area contributed by atoms with Crippen LogP contribution < -0.4 is 0 Å². The van der Waals surface area contributed by atoms with Gasteiger partial charge in [-0.2, -0.15) is 10.5 Å². The number of carbonyl (C=O) groups excluding carboxylic acids is 1. The molecule has 0 aliphatic rings. The van der Waals surface area contributed by atoms with Gasteiger partial charge in [0, 0.05) is 5.02 Å². The van der Waals surface area contributed by atoms with Crippen LogP contribution in [0.2, 0.25) is 15.1 Å². The number of carbonyl (C=O) groups is 1. The van der Waals surface area contributed by atoms with Crippen LogP contribution in [0.5, 0.6) is 0 Å². The van der Waals surface area contributed by atoms with Crippen LogP contribution in [0, 0.1) is 22.7 Å². The first-order valence-electron chi connectivity index (χ1n) is 4.74. The zero-order chi connectivity index (χ0) is 15.3. The Hall–Kier alpha value is -2.12. The summed E-state index contributed by atoms with van der Waals surface area (Å²) in [5.41, 5.74) is -0.830. The molecular weight excluding hydrogens is 327 g/mol. The second kappa shape index (κ2) is 6.88. The van der Waals surface area contributed by atoms with Gasteiger partial charge < -0.3 is 5.11 Å². The number of Topliss-reactive ketones (excluding diaryl/α,β-unsaturated/α-hetero) is 1. The van der Waals surface area contributed by atoms with Gasteiger partial charge in [-0.3, -0.25) is 4.79 Å². The fourth-order valence-corrected chi connectivity index (χ4v) is 1.93. The van der Waals surface area contributed by atoms with E-state index in [9.17, 15) is 9.90 Å². The highest BCUT2D eigenvalue weighted by atomic mass is 35.5. The summed E-state index contributed by atoms with van der Waals surface area (Å²) in [6.45, 7) is 0. The molecule has 1 aromatic rings. The van der Waals surface area contributed by atoms with Gasteiger partial charge in [0.2, 0.25) is 5.76 Å². The maximum absolute atomic E-state index is 11.2.